The summed E-state index contributed by atoms with van der Waals surface area (Å²) in [6.45, 7) is 2.03. The molecule has 0 spiro atoms. The van der Waals surface area contributed by atoms with E-state index in [2.05, 4.69) is 0 Å². The molecule has 0 aliphatic carbocycles. The van der Waals surface area contributed by atoms with Crippen LogP contribution in [0.3, 0.4) is 0 Å². The Morgan fingerprint density at radius 2 is 1.72 bits per heavy atom. The molecule has 2 aromatic rings. The van der Waals surface area contributed by atoms with Gasteiger partial charge in [-0.3, -0.25) is 9.59 Å². The number of aryl methyl sites for hydroxylation is 1. The number of sulfonamides is 1. The van der Waals surface area contributed by atoms with Gasteiger partial charge in [0.25, 0.3) is 5.91 Å². The average molecular weight is 416 g/mol. The molecule has 8 heteroatoms. The molecule has 0 saturated carbocycles. The molecule has 3 rings (SSSR count). The SMILES string of the molecule is Cc1ccc(S(=O)(=O)N(C)CC(=O)OCC(=O)N2CCc3ccccc3C2)cc1. The van der Waals surface area contributed by atoms with Crippen LogP contribution in [0.2, 0.25) is 0 Å². The molecule has 0 atom stereocenters. The zero-order chi connectivity index (χ0) is 21.0. The molecule has 1 amide bonds. The zero-order valence-corrected chi connectivity index (χ0v) is 17.3. The summed E-state index contributed by atoms with van der Waals surface area (Å²) in [5, 5.41) is 0. The van der Waals surface area contributed by atoms with E-state index in [9.17, 15) is 18.0 Å². The van der Waals surface area contributed by atoms with Crippen molar-refractivity contribution in [1.82, 2.24) is 9.21 Å². The number of hydrogen-bond donors (Lipinski definition) is 0. The van der Waals surface area contributed by atoms with Gasteiger partial charge in [0.2, 0.25) is 10.0 Å². The number of hydrogen-bond acceptors (Lipinski definition) is 5. The number of carbonyl (C=O) groups excluding carboxylic acids is 2. The number of fused-ring (bicyclic) bond motifs is 1. The molecule has 0 bridgehead atoms. The summed E-state index contributed by atoms with van der Waals surface area (Å²) in [6.07, 6.45) is 0.757. The fourth-order valence-corrected chi connectivity index (χ4v) is 4.26. The number of ether oxygens (including phenoxy) is 1. The Balaban J connectivity index is 1.52. The van der Waals surface area contributed by atoms with Crippen molar-refractivity contribution in [2.24, 2.45) is 0 Å². The molecule has 1 aliphatic rings. The molecule has 0 unspecified atom stereocenters. The van der Waals surface area contributed by atoms with Crippen LogP contribution in [0, 0.1) is 6.92 Å². The number of carbonyl (C=O) groups is 2. The van der Waals surface area contributed by atoms with Gasteiger partial charge in [0.15, 0.2) is 6.61 Å². The molecule has 0 fully saturated rings. The van der Waals surface area contributed by atoms with E-state index in [0.29, 0.717) is 13.1 Å². The average Bonchev–Trinajstić information content (AvgIpc) is 2.71. The molecule has 1 heterocycles. The second kappa shape index (κ2) is 8.75. The van der Waals surface area contributed by atoms with E-state index in [4.69, 9.17) is 4.74 Å². The van der Waals surface area contributed by atoms with Crippen molar-refractivity contribution < 1.29 is 22.7 Å². The number of rotatable bonds is 6. The highest BCUT2D eigenvalue weighted by Gasteiger charge is 2.25. The van der Waals surface area contributed by atoms with Gasteiger partial charge in [-0.05, 0) is 36.6 Å². The van der Waals surface area contributed by atoms with Crippen LogP contribution in [0.25, 0.3) is 0 Å². The predicted molar refractivity (Wildman–Crippen MR) is 108 cm³/mol. The van der Waals surface area contributed by atoms with Crippen LogP contribution in [-0.2, 0) is 37.3 Å². The summed E-state index contributed by atoms with van der Waals surface area (Å²) in [5.41, 5.74) is 3.24. The lowest BCUT2D eigenvalue weighted by Gasteiger charge is -2.28. The van der Waals surface area contributed by atoms with Crippen LogP contribution in [0.1, 0.15) is 16.7 Å². The lowest BCUT2D eigenvalue weighted by Crippen LogP contribution is -2.39. The first-order chi connectivity index (χ1) is 13.8. The largest absolute Gasteiger partial charge is 0.455 e. The molecule has 0 radical (unpaired) electrons. The molecule has 7 nitrogen and oxygen atoms in total. The summed E-state index contributed by atoms with van der Waals surface area (Å²) in [5.74, 6) is -1.06. The maximum absolute atomic E-state index is 12.5. The van der Waals surface area contributed by atoms with Gasteiger partial charge in [-0.1, -0.05) is 42.0 Å². The fourth-order valence-electron chi connectivity index (χ4n) is 3.14. The van der Waals surface area contributed by atoms with Crippen LogP contribution in [0.4, 0.5) is 0 Å². The van der Waals surface area contributed by atoms with Crippen molar-refractivity contribution in [2.75, 3.05) is 26.7 Å². The Morgan fingerprint density at radius 3 is 2.41 bits per heavy atom. The number of nitrogens with zero attached hydrogens (tertiary/aromatic N) is 2. The van der Waals surface area contributed by atoms with Crippen LogP contribution in [0.15, 0.2) is 53.4 Å². The molecule has 0 aromatic heterocycles. The van der Waals surface area contributed by atoms with E-state index in [-0.39, 0.29) is 10.8 Å². The maximum atomic E-state index is 12.5. The minimum atomic E-state index is -3.81. The second-order valence-corrected chi connectivity index (χ2v) is 9.11. The first kappa shape index (κ1) is 21.0. The molecule has 29 heavy (non-hydrogen) atoms. The normalized spacial score (nSPS) is 13.8. The van der Waals surface area contributed by atoms with Crippen LogP contribution < -0.4 is 0 Å². The van der Waals surface area contributed by atoms with Crippen LogP contribution in [-0.4, -0.2) is 56.2 Å². The van der Waals surface area contributed by atoms with Gasteiger partial charge in [0, 0.05) is 20.1 Å². The second-order valence-electron chi connectivity index (χ2n) is 7.07. The number of amides is 1. The molecule has 2 aromatic carbocycles. The molecular formula is C21H24N2O5S. The van der Waals surface area contributed by atoms with Crippen molar-refractivity contribution >= 4 is 21.9 Å². The minimum absolute atomic E-state index is 0.0986. The topological polar surface area (TPSA) is 84.0 Å². The Morgan fingerprint density at radius 1 is 1.07 bits per heavy atom. The van der Waals surface area contributed by atoms with Gasteiger partial charge in [0.1, 0.15) is 6.54 Å². The third-order valence-electron chi connectivity index (χ3n) is 4.92. The van der Waals surface area contributed by atoms with Gasteiger partial charge < -0.3 is 9.64 Å². The Kier molecular flexibility index (Phi) is 6.34. The molecular weight excluding hydrogens is 392 g/mol. The zero-order valence-electron chi connectivity index (χ0n) is 16.5. The summed E-state index contributed by atoms with van der Waals surface area (Å²) in [4.78, 5) is 26.2. The van der Waals surface area contributed by atoms with Gasteiger partial charge in [-0.15, -0.1) is 0 Å². The van der Waals surface area contributed by atoms with Crippen molar-refractivity contribution in [3.05, 3.63) is 65.2 Å². The highest BCUT2D eigenvalue weighted by Crippen LogP contribution is 2.18. The lowest BCUT2D eigenvalue weighted by molar-refractivity contribution is -0.152. The third kappa shape index (κ3) is 5.02. The number of likely N-dealkylation sites (N-methyl/N-ethyl adjacent to an activating group) is 1. The van der Waals surface area contributed by atoms with Gasteiger partial charge >= 0.3 is 5.97 Å². The smallest absolute Gasteiger partial charge is 0.321 e. The molecule has 0 N–H and O–H groups in total. The molecule has 154 valence electrons. The van der Waals surface area contributed by atoms with E-state index < -0.39 is 29.1 Å². The highest BCUT2D eigenvalue weighted by atomic mass is 32.2. The van der Waals surface area contributed by atoms with Crippen molar-refractivity contribution in [2.45, 2.75) is 24.8 Å². The minimum Gasteiger partial charge on any atom is -0.455 e. The number of esters is 1. The first-order valence-electron chi connectivity index (χ1n) is 9.30. The van der Waals surface area contributed by atoms with Crippen LogP contribution in [0.5, 0.6) is 0 Å². The van der Waals surface area contributed by atoms with E-state index in [1.54, 1.807) is 17.0 Å². The van der Waals surface area contributed by atoms with E-state index in [1.807, 2.05) is 31.2 Å². The van der Waals surface area contributed by atoms with Crippen molar-refractivity contribution in [1.29, 1.82) is 0 Å². The van der Waals surface area contributed by atoms with Crippen molar-refractivity contribution in [3.63, 3.8) is 0 Å². The fraction of sp³-hybridized carbons (Fsp3) is 0.333. The quantitative estimate of drug-likeness (QED) is 0.670. The van der Waals surface area contributed by atoms with Crippen LogP contribution >= 0.6 is 0 Å². The summed E-state index contributed by atoms with van der Waals surface area (Å²) >= 11 is 0. The van der Waals surface area contributed by atoms with Gasteiger partial charge in [-0.2, -0.15) is 4.31 Å². The standard InChI is InChI=1S/C21H24N2O5S/c1-16-7-9-19(10-8-16)29(26,27)22(2)14-21(25)28-15-20(24)23-12-11-17-5-3-4-6-18(17)13-23/h3-10H,11-15H2,1-2H3. The van der Waals surface area contributed by atoms with E-state index in [0.717, 1.165) is 21.9 Å². The summed E-state index contributed by atoms with van der Waals surface area (Å²) in [7, 11) is -2.50. The van der Waals surface area contributed by atoms with Crippen molar-refractivity contribution in [3.8, 4) is 0 Å². The Bertz CT molecular complexity index is 1000. The maximum Gasteiger partial charge on any atom is 0.321 e. The Hall–Kier alpha value is -2.71. The first-order valence-corrected chi connectivity index (χ1v) is 10.7. The monoisotopic (exact) mass is 416 g/mol. The Labute approximate surface area is 170 Å². The predicted octanol–water partition coefficient (Wildman–Crippen LogP) is 1.74. The molecule has 0 saturated heterocycles. The number of benzene rings is 2. The highest BCUT2D eigenvalue weighted by molar-refractivity contribution is 7.89. The molecule has 1 aliphatic heterocycles. The summed E-state index contributed by atoms with van der Waals surface area (Å²) < 4.78 is 31.0. The third-order valence-corrected chi connectivity index (χ3v) is 6.74. The van der Waals surface area contributed by atoms with Gasteiger partial charge in [0.05, 0.1) is 4.90 Å². The summed E-state index contributed by atoms with van der Waals surface area (Å²) in [6, 6.07) is 14.3. The van der Waals surface area contributed by atoms with E-state index in [1.165, 1.54) is 24.7 Å². The van der Waals surface area contributed by atoms with E-state index >= 15 is 0 Å². The van der Waals surface area contributed by atoms with Gasteiger partial charge in [-0.25, -0.2) is 8.42 Å². The lowest BCUT2D eigenvalue weighted by atomic mass is 10.00.